The Morgan fingerprint density at radius 1 is 1.18 bits per heavy atom. The van der Waals surface area contributed by atoms with Gasteiger partial charge in [0.1, 0.15) is 0 Å². The third-order valence-electron chi connectivity index (χ3n) is 0.937. The summed E-state index contributed by atoms with van der Waals surface area (Å²) in [6, 6.07) is 0. The predicted octanol–water partition coefficient (Wildman–Crippen LogP) is -4.32. The van der Waals surface area contributed by atoms with E-state index < -0.39 is 24.0 Å². The molecule has 0 radical (unpaired) electrons. The average Bonchev–Trinajstić information content (AvgIpc) is 1.85. The molecular weight excluding hydrogens is 159 g/mol. The Hall–Kier alpha value is -0.190. The summed E-state index contributed by atoms with van der Waals surface area (Å²) in [5.74, 6) is -3.06. The van der Waals surface area contributed by atoms with Crippen LogP contribution in [0.3, 0.4) is 0 Å². The molecule has 0 bridgehead atoms. The van der Waals surface area contributed by atoms with E-state index in [1.807, 2.05) is 0 Å². The first-order chi connectivity index (χ1) is 4.57. The average molecular weight is 166 g/mol. The van der Waals surface area contributed by atoms with Crippen molar-refractivity contribution >= 4 is 17.5 Å². The molecule has 0 heterocycles. The van der Waals surface area contributed by atoms with E-state index in [-0.39, 0.29) is 36.0 Å². The quantitative estimate of drug-likeness (QED) is 0.240. The minimum Gasteiger partial charge on any atom is -0.550 e. The number of carbonyl (C=O) groups excluding carboxylic acids is 3. The van der Waals surface area contributed by atoms with Gasteiger partial charge >= 0.3 is 29.6 Å². The second kappa shape index (κ2) is 6.52. The van der Waals surface area contributed by atoms with E-state index in [9.17, 15) is 19.5 Å². The van der Waals surface area contributed by atoms with Gasteiger partial charge in [0.15, 0.2) is 5.78 Å². The number of Topliss-reactive ketones (excluding diaryl/α,β-unsaturated/α-hetero) is 2. The molecule has 0 aromatic heterocycles. The molecule has 0 unspecified atom stereocenters. The first-order valence-electron chi connectivity index (χ1n) is 2.83. The molecule has 4 nitrogen and oxygen atoms in total. The Labute approximate surface area is 86.3 Å². The Morgan fingerprint density at radius 3 is 1.91 bits per heavy atom. The maximum atomic E-state index is 10.4. The Morgan fingerprint density at radius 2 is 1.64 bits per heavy atom. The van der Waals surface area contributed by atoms with Crippen LogP contribution in [-0.2, 0) is 14.4 Å². The normalized spacial score (nSPS) is 8.09. The van der Waals surface area contributed by atoms with Gasteiger partial charge in [-0.3, -0.25) is 9.59 Å². The number of carbonyl (C=O) groups is 3. The molecule has 11 heavy (non-hydrogen) atoms. The van der Waals surface area contributed by atoms with Crippen molar-refractivity contribution in [3.8, 4) is 0 Å². The van der Waals surface area contributed by atoms with Gasteiger partial charge < -0.3 is 9.90 Å². The number of ketones is 2. The zero-order valence-electron chi connectivity index (χ0n) is 6.55. The van der Waals surface area contributed by atoms with Gasteiger partial charge in [-0.05, 0) is 0 Å². The molecule has 0 amide bonds. The van der Waals surface area contributed by atoms with E-state index in [1.54, 1.807) is 0 Å². The minimum absolute atomic E-state index is 0. The van der Waals surface area contributed by atoms with Crippen LogP contribution in [0.4, 0.5) is 0 Å². The van der Waals surface area contributed by atoms with Crippen molar-refractivity contribution in [3.63, 3.8) is 0 Å². The molecule has 0 atom stereocenters. The molecule has 0 rings (SSSR count). The van der Waals surface area contributed by atoms with Crippen LogP contribution in [0.25, 0.3) is 0 Å². The number of hydrogen-bond donors (Lipinski definition) is 0. The van der Waals surface area contributed by atoms with Crippen molar-refractivity contribution in [2.45, 2.75) is 19.8 Å². The maximum absolute atomic E-state index is 10.4. The molecule has 0 saturated heterocycles. The fraction of sp³-hybridized carbons (Fsp3) is 0.500. The van der Waals surface area contributed by atoms with E-state index in [0.717, 1.165) is 0 Å². The largest absolute Gasteiger partial charge is 1.00 e. The van der Waals surface area contributed by atoms with Crippen LogP contribution in [0.15, 0.2) is 0 Å². The van der Waals surface area contributed by atoms with Crippen molar-refractivity contribution in [1.82, 2.24) is 0 Å². The van der Waals surface area contributed by atoms with Crippen molar-refractivity contribution in [3.05, 3.63) is 0 Å². The first-order valence-corrected chi connectivity index (χ1v) is 2.83. The van der Waals surface area contributed by atoms with E-state index in [0.29, 0.717) is 0 Å². The molecule has 0 aromatic rings. The van der Waals surface area contributed by atoms with Crippen LogP contribution < -0.4 is 34.7 Å². The summed E-state index contributed by atoms with van der Waals surface area (Å²) in [6.45, 7) is 1.50. The number of carboxylic acids is 1. The van der Waals surface area contributed by atoms with Gasteiger partial charge in [-0.2, -0.15) is 0 Å². The molecule has 0 aromatic carbocycles. The van der Waals surface area contributed by atoms with Crippen LogP contribution in [0, 0.1) is 0 Å². The zero-order valence-corrected chi connectivity index (χ0v) is 8.55. The molecule has 0 N–H and O–H groups in total. The standard InChI is InChI=1S/C6H8O4.Na/c1-2-4(7)5(8)3-6(9)10;/h2-3H2,1H3,(H,9,10);/q;+1/p-1. The number of carboxylic acid groups (broad SMARTS) is 1. The summed E-state index contributed by atoms with van der Waals surface area (Å²) in [5, 5.41) is 9.75. The molecule has 0 aliphatic rings. The Balaban J connectivity index is 0. The van der Waals surface area contributed by atoms with Crippen molar-refractivity contribution in [2.75, 3.05) is 0 Å². The second-order valence-corrected chi connectivity index (χ2v) is 1.75. The van der Waals surface area contributed by atoms with Gasteiger partial charge in [-0.15, -0.1) is 0 Å². The molecule has 0 saturated carbocycles. The smallest absolute Gasteiger partial charge is 0.550 e. The topological polar surface area (TPSA) is 74.3 Å². The first kappa shape index (κ1) is 13.4. The minimum atomic E-state index is -1.51. The molecule has 0 aliphatic heterocycles. The van der Waals surface area contributed by atoms with Gasteiger partial charge in [-0.1, -0.05) is 6.92 Å². The summed E-state index contributed by atoms with van der Waals surface area (Å²) in [5.41, 5.74) is 0. The van der Waals surface area contributed by atoms with Gasteiger partial charge in [0.05, 0.1) is 6.42 Å². The Bertz CT molecular complexity index is 175. The third kappa shape index (κ3) is 6.22. The monoisotopic (exact) mass is 166 g/mol. The van der Waals surface area contributed by atoms with E-state index in [1.165, 1.54) is 6.92 Å². The summed E-state index contributed by atoms with van der Waals surface area (Å²) in [6.07, 6.45) is -0.751. The summed E-state index contributed by atoms with van der Waals surface area (Å²) in [7, 11) is 0. The fourth-order valence-corrected chi connectivity index (χ4v) is 0.427. The number of hydrogen-bond acceptors (Lipinski definition) is 4. The molecular formula is C6H7NaO4. The zero-order chi connectivity index (χ0) is 8.15. The van der Waals surface area contributed by atoms with E-state index in [4.69, 9.17) is 0 Å². The predicted molar refractivity (Wildman–Crippen MR) is 29.9 cm³/mol. The summed E-state index contributed by atoms with van der Waals surface area (Å²) < 4.78 is 0. The summed E-state index contributed by atoms with van der Waals surface area (Å²) >= 11 is 0. The molecule has 0 spiro atoms. The third-order valence-corrected chi connectivity index (χ3v) is 0.937. The van der Waals surface area contributed by atoms with Crippen LogP contribution in [-0.4, -0.2) is 17.5 Å². The van der Waals surface area contributed by atoms with Crippen molar-refractivity contribution < 1.29 is 49.0 Å². The molecule has 0 aliphatic carbocycles. The van der Waals surface area contributed by atoms with Crippen molar-refractivity contribution in [2.24, 2.45) is 0 Å². The molecule has 5 heteroatoms. The molecule has 0 fully saturated rings. The SMILES string of the molecule is CCC(=O)C(=O)CC(=O)[O-].[Na+]. The fourth-order valence-electron chi connectivity index (χ4n) is 0.427. The van der Waals surface area contributed by atoms with Crippen LogP contribution >= 0.6 is 0 Å². The molecule has 56 valence electrons. The van der Waals surface area contributed by atoms with Crippen molar-refractivity contribution in [1.29, 1.82) is 0 Å². The number of rotatable bonds is 4. The van der Waals surface area contributed by atoms with Crippen LogP contribution in [0.1, 0.15) is 19.8 Å². The van der Waals surface area contributed by atoms with Gasteiger partial charge in [-0.25, -0.2) is 0 Å². The van der Waals surface area contributed by atoms with E-state index >= 15 is 0 Å². The Kier molecular flexibility index (Phi) is 7.94. The van der Waals surface area contributed by atoms with E-state index in [2.05, 4.69) is 0 Å². The second-order valence-electron chi connectivity index (χ2n) is 1.75. The van der Waals surface area contributed by atoms with Gasteiger partial charge in [0.2, 0.25) is 5.78 Å². The van der Waals surface area contributed by atoms with Gasteiger partial charge in [0.25, 0.3) is 0 Å². The van der Waals surface area contributed by atoms with Crippen LogP contribution in [0.2, 0.25) is 0 Å². The number of aliphatic carboxylic acids is 1. The van der Waals surface area contributed by atoms with Gasteiger partial charge in [0, 0.05) is 12.4 Å². The summed E-state index contributed by atoms with van der Waals surface area (Å²) in [4.78, 5) is 30.6. The maximum Gasteiger partial charge on any atom is 1.00 e. The van der Waals surface area contributed by atoms with Crippen LogP contribution in [0.5, 0.6) is 0 Å².